The highest BCUT2D eigenvalue weighted by atomic mass is 19.3. The van der Waals surface area contributed by atoms with Crippen molar-refractivity contribution in [3.05, 3.63) is 69.8 Å². The van der Waals surface area contributed by atoms with Crippen molar-refractivity contribution < 1.29 is 23.4 Å². The normalized spacial score (nSPS) is 11.3. The monoisotopic (exact) mass is 358 g/mol. The van der Waals surface area contributed by atoms with E-state index < -0.39 is 18.1 Å². The van der Waals surface area contributed by atoms with E-state index in [2.05, 4.69) is 14.7 Å². The number of carboxylic acids is 1. The zero-order valence-electron chi connectivity index (χ0n) is 13.1. The molecule has 0 atom stereocenters. The summed E-state index contributed by atoms with van der Waals surface area (Å²) in [6, 6.07) is 10.2. The molecule has 26 heavy (non-hydrogen) atoms. The number of carboxylic acid groups (broad SMARTS) is 1. The molecule has 2 N–H and O–H groups in total. The molecule has 8 heteroatoms. The van der Waals surface area contributed by atoms with E-state index in [0.29, 0.717) is 5.56 Å². The first-order valence-corrected chi connectivity index (χ1v) is 7.43. The Kier molecular flexibility index (Phi) is 4.74. The Bertz CT molecular complexity index is 1040. The van der Waals surface area contributed by atoms with Gasteiger partial charge in [0.2, 0.25) is 0 Å². The second-order valence-corrected chi connectivity index (χ2v) is 5.24. The topological polar surface area (TPSA) is 92.3 Å². The van der Waals surface area contributed by atoms with Crippen LogP contribution in [0.15, 0.2) is 47.3 Å². The van der Waals surface area contributed by atoms with Crippen LogP contribution in [-0.2, 0) is 0 Å². The second kappa shape index (κ2) is 7.14. The van der Waals surface area contributed by atoms with E-state index in [4.69, 9.17) is 0 Å². The van der Waals surface area contributed by atoms with Gasteiger partial charge in [0.05, 0.1) is 16.5 Å². The number of rotatable bonds is 5. The zero-order chi connectivity index (χ0) is 18.7. The Labute approximate surface area is 145 Å². The smallest absolute Gasteiger partial charge is 0.387 e. The van der Waals surface area contributed by atoms with Gasteiger partial charge in [-0.25, -0.2) is 9.78 Å². The molecule has 2 aromatic carbocycles. The minimum Gasteiger partial charge on any atom is -0.478 e. The SMILES string of the molecule is O=C(O)c1cccc2c(=O)[nH]c(/C=C/c3ccc(OC(F)F)cc3)nc12. The van der Waals surface area contributed by atoms with Crippen LogP contribution >= 0.6 is 0 Å². The fourth-order valence-electron chi connectivity index (χ4n) is 2.37. The number of H-pyrrole nitrogens is 1. The van der Waals surface area contributed by atoms with Gasteiger partial charge in [0.1, 0.15) is 11.6 Å². The molecule has 0 fully saturated rings. The highest BCUT2D eigenvalue weighted by Gasteiger charge is 2.12. The second-order valence-electron chi connectivity index (χ2n) is 5.24. The first-order chi connectivity index (χ1) is 12.4. The molecule has 0 radical (unpaired) electrons. The number of aromatic nitrogens is 2. The lowest BCUT2D eigenvalue weighted by atomic mass is 10.1. The van der Waals surface area contributed by atoms with Gasteiger partial charge in [-0.15, -0.1) is 0 Å². The summed E-state index contributed by atoms with van der Waals surface area (Å²) in [6.45, 7) is -2.90. The van der Waals surface area contributed by atoms with Gasteiger partial charge in [-0.1, -0.05) is 24.3 Å². The molecular formula is C18H12F2N2O4. The van der Waals surface area contributed by atoms with Crippen LogP contribution in [0, 0.1) is 0 Å². The minimum absolute atomic E-state index is 0.0282. The Morgan fingerprint density at radius 2 is 1.88 bits per heavy atom. The molecule has 3 rings (SSSR count). The maximum atomic E-state index is 12.1. The van der Waals surface area contributed by atoms with Gasteiger partial charge in [0.15, 0.2) is 0 Å². The van der Waals surface area contributed by atoms with Crippen molar-refractivity contribution in [3.63, 3.8) is 0 Å². The molecule has 3 aromatic rings. The Hall–Kier alpha value is -3.55. The number of halogens is 2. The highest BCUT2D eigenvalue weighted by molar-refractivity contribution is 6.01. The van der Waals surface area contributed by atoms with Crippen molar-refractivity contribution in [2.45, 2.75) is 6.61 Å². The molecule has 0 aliphatic carbocycles. The number of aromatic amines is 1. The van der Waals surface area contributed by atoms with Gasteiger partial charge in [-0.05, 0) is 35.9 Å². The molecule has 0 aliphatic heterocycles. The van der Waals surface area contributed by atoms with Crippen molar-refractivity contribution >= 4 is 29.0 Å². The lowest BCUT2D eigenvalue weighted by Crippen LogP contribution is -2.12. The molecule has 0 saturated carbocycles. The molecule has 0 spiro atoms. The van der Waals surface area contributed by atoms with E-state index in [1.807, 2.05) is 0 Å². The van der Waals surface area contributed by atoms with E-state index in [-0.39, 0.29) is 28.0 Å². The average molecular weight is 358 g/mol. The van der Waals surface area contributed by atoms with Crippen LogP contribution in [0.5, 0.6) is 5.75 Å². The molecule has 1 aromatic heterocycles. The Balaban J connectivity index is 1.93. The van der Waals surface area contributed by atoms with Gasteiger partial charge in [-0.2, -0.15) is 8.78 Å². The number of aromatic carboxylic acids is 1. The summed E-state index contributed by atoms with van der Waals surface area (Å²) in [5.41, 5.74) is 0.208. The first-order valence-electron chi connectivity index (χ1n) is 7.43. The summed E-state index contributed by atoms with van der Waals surface area (Å²) in [5, 5.41) is 9.40. The lowest BCUT2D eigenvalue weighted by Gasteiger charge is -2.04. The van der Waals surface area contributed by atoms with Crippen molar-refractivity contribution in [3.8, 4) is 5.75 Å². The first kappa shape index (κ1) is 17.3. The molecule has 6 nitrogen and oxygen atoms in total. The van der Waals surface area contributed by atoms with Crippen LogP contribution in [0.3, 0.4) is 0 Å². The predicted octanol–water partition coefficient (Wildman–Crippen LogP) is 3.39. The number of benzene rings is 2. The molecule has 132 valence electrons. The summed E-state index contributed by atoms with van der Waals surface area (Å²) in [7, 11) is 0. The van der Waals surface area contributed by atoms with Crippen LogP contribution in [0.2, 0.25) is 0 Å². The number of ether oxygens (including phenoxy) is 1. The fraction of sp³-hybridized carbons (Fsp3) is 0.0556. The summed E-state index contributed by atoms with van der Waals surface area (Å²) < 4.78 is 28.5. The number of fused-ring (bicyclic) bond motifs is 1. The van der Waals surface area contributed by atoms with Gasteiger partial charge in [-0.3, -0.25) is 4.79 Å². The molecule has 0 bridgehead atoms. The van der Waals surface area contributed by atoms with Gasteiger partial charge in [0, 0.05) is 0 Å². The van der Waals surface area contributed by atoms with Crippen molar-refractivity contribution in [1.82, 2.24) is 9.97 Å². The van der Waals surface area contributed by atoms with E-state index in [0.717, 1.165) is 0 Å². The van der Waals surface area contributed by atoms with E-state index in [1.54, 1.807) is 18.2 Å². The third-order valence-corrected chi connectivity index (χ3v) is 3.52. The standard InChI is InChI=1S/C18H12F2N2O4/c19-18(20)26-11-7-4-10(5-8-11)6-9-14-21-15-12(16(23)22-14)2-1-3-13(15)17(24)25/h1-9,18H,(H,24,25)(H,21,22,23)/b9-6+. The minimum atomic E-state index is -2.90. The number of para-hydroxylation sites is 1. The predicted molar refractivity (Wildman–Crippen MR) is 91.3 cm³/mol. The largest absolute Gasteiger partial charge is 0.478 e. The molecule has 0 amide bonds. The average Bonchev–Trinajstić information content (AvgIpc) is 2.60. The molecular weight excluding hydrogens is 346 g/mol. The van der Waals surface area contributed by atoms with Crippen LogP contribution < -0.4 is 10.3 Å². The maximum absolute atomic E-state index is 12.1. The molecule has 1 heterocycles. The zero-order valence-corrected chi connectivity index (χ0v) is 13.1. The van der Waals surface area contributed by atoms with Crippen LogP contribution in [0.4, 0.5) is 8.78 Å². The Morgan fingerprint density at radius 1 is 1.15 bits per heavy atom. The third-order valence-electron chi connectivity index (χ3n) is 3.52. The number of nitrogens with one attached hydrogen (secondary N) is 1. The van der Waals surface area contributed by atoms with E-state index >= 15 is 0 Å². The number of carbonyl (C=O) groups is 1. The highest BCUT2D eigenvalue weighted by Crippen LogP contribution is 2.17. The molecule has 0 unspecified atom stereocenters. The van der Waals surface area contributed by atoms with Crippen LogP contribution in [0.1, 0.15) is 21.7 Å². The third kappa shape index (κ3) is 3.75. The number of hydrogen-bond donors (Lipinski definition) is 2. The summed E-state index contributed by atoms with van der Waals surface area (Å²) in [5.74, 6) is -0.983. The Morgan fingerprint density at radius 3 is 2.54 bits per heavy atom. The van der Waals surface area contributed by atoms with Gasteiger partial charge < -0.3 is 14.8 Å². The van der Waals surface area contributed by atoms with Crippen molar-refractivity contribution in [2.75, 3.05) is 0 Å². The quantitative estimate of drug-likeness (QED) is 0.729. The summed E-state index contributed by atoms with van der Waals surface area (Å²) in [4.78, 5) is 30.1. The van der Waals surface area contributed by atoms with Crippen LogP contribution in [0.25, 0.3) is 23.1 Å². The van der Waals surface area contributed by atoms with E-state index in [9.17, 15) is 23.5 Å². The number of nitrogens with zero attached hydrogens (tertiary/aromatic N) is 1. The molecule has 0 aliphatic rings. The van der Waals surface area contributed by atoms with Crippen molar-refractivity contribution in [1.29, 1.82) is 0 Å². The van der Waals surface area contributed by atoms with E-state index in [1.165, 1.54) is 36.4 Å². The lowest BCUT2D eigenvalue weighted by molar-refractivity contribution is -0.0498. The van der Waals surface area contributed by atoms with Gasteiger partial charge >= 0.3 is 12.6 Å². The fourth-order valence-corrected chi connectivity index (χ4v) is 2.37. The number of hydrogen-bond acceptors (Lipinski definition) is 4. The maximum Gasteiger partial charge on any atom is 0.387 e. The summed E-state index contributed by atoms with van der Waals surface area (Å²) >= 11 is 0. The molecule has 0 saturated heterocycles. The number of alkyl halides is 2. The summed E-state index contributed by atoms with van der Waals surface area (Å²) in [6.07, 6.45) is 3.09. The van der Waals surface area contributed by atoms with Crippen LogP contribution in [-0.4, -0.2) is 27.7 Å². The van der Waals surface area contributed by atoms with Crippen molar-refractivity contribution in [2.24, 2.45) is 0 Å². The van der Waals surface area contributed by atoms with Gasteiger partial charge in [0.25, 0.3) is 5.56 Å².